The second-order valence-electron chi connectivity index (χ2n) is 16.2. The van der Waals surface area contributed by atoms with Crippen LogP contribution >= 0.6 is 23.5 Å². The molecular weight excluding hydrogens is 561 g/mol. The largest absolute Gasteiger partial charge is 0.507 e. The maximum absolute atomic E-state index is 11.2. The Labute approximate surface area is 265 Å². The summed E-state index contributed by atoms with van der Waals surface area (Å²) in [6.45, 7) is 32.4. The number of hydrogen-bond donors (Lipinski definition) is 3. The molecule has 0 heterocycles. The van der Waals surface area contributed by atoms with Crippen molar-refractivity contribution in [2.75, 3.05) is 6.61 Å². The first kappa shape index (κ1) is 36.8. The summed E-state index contributed by atoms with van der Waals surface area (Å²) in [5.41, 5.74) is 3.36. The van der Waals surface area contributed by atoms with Gasteiger partial charge >= 0.3 is 0 Å². The van der Waals surface area contributed by atoms with Gasteiger partial charge < -0.3 is 20.1 Å². The van der Waals surface area contributed by atoms with E-state index in [1.54, 1.807) is 0 Å². The van der Waals surface area contributed by atoms with Crippen LogP contribution in [0.2, 0.25) is 0 Å². The van der Waals surface area contributed by atoms with Gasteiger partial charge in [0, 0.05) is 32.0 Å². The van der Waals surface area contributed by atoms with Crippen molar-refractivity contribution in [1.29, 1.82) is 0 Å². The fourth-order valence-corrected chi connectivity index (χ4v) is 7.47. The number of phenols is 1. The highest BCUT2D eigenvalue weighted by Gasteiger charge is 2.32. The Bertz CT molecular complexity index is 1150. The highest BCUT2D eigenvalue weighted by atomic mass is 32.2. The van der Waals surface area contributed by atoms with Gasteiger partial charge in [0.25, 0.3) is 0 Å². The molecule has 0 bridgehead atoms. The summed E-state index contributed by atoms with van der Waals surface area (Å²) >= 11 is 3.65. The summed E-state index contributed by atoms with van der Waals surface area (Å²) in [5.74, 6) is 1.21. The van der Waals surface area contributed by atoms with Crippen LogP contribution < -0.4 is 4.74 Å². The van der Waals surface area contributed by atoms with Crippen molar-refractivity contribution in [1.82, 2.24) is 0 Å². The van der Waals surface area contributed by atoms with Crippen molar-refractivity contribution in [2.45, 2.75) is 158 Å². The number of phenolic OH excluding ortho intramolecular Hbond substituents is 1. The van der Waals surface area contributed by atoms with Crippen LogP contribution in [-0.4, -0.2) is 38.2 Å². The molecule has 0 saturated heterocycles. The van der Waals surface area contributed by atoms with Crippen molar-refractivity contribution in [3.05, 3.63) is 46.5 Å². The third-order valence-corrected chi connectivity index (χ3v) is 9.79. The zero-order chi connectivity index (χ0) is 32.6. The van der Waals surface area contributed by atoms with Gasteiger partial charge in [-0.2, -0.15) is 0 Å². The van der Waals surface area contributed by atoms with E-state index in [1.165, 1.54) is 0 Å². The van der Waals surface area contributed by atoms with Gasteiger partial charge in [0.15, 0.2) is 0 Å². The van der Waals surface area contributed by atoms with E-state index in [2.05, 4.69) is 121 Å². The van der Waals surface area contributed by atoms with Crippen LogP contribution in [0.25, 0.3) is 0 Å². The Hall–Kier alpha value is -1.34. The average molecular weight is 619 g/mol. The SMILES string of the molecule is CC[C@@H](O)[C@H](O)COc1c(C(C)(C)C)cc(SC(C)(C)Sc2cc(C(C)(C)C)c(O)c(C(C)(C)C)c2)cc1C(C)(C)C. The van der Waals surface area contributed by atoms with E-state index in [9.17, 15) is 15.3 Å². The number of rotatable bonds is 9. The number of thioether (sulfide) groups is 2. The Balaban J connectivity index is 2.60. The summed E-state index contributed by atoms with van der Waals surface area (Å²) in [7, 11) is 0. The van der Waals surface area contributed by atoms with E-state index in [0.29, 0.717) is 12.2 Å². The standard InChI is InChI=1S/C36H58O4S2/c1-16-28(37)29(38)21-40-31-26(34(8,9)10)19-23(20-27(31)35(11,12)13)42-36(14,15)41-22-17-24(32(2,3)4)30(39)25(18-22)33(5,6)7/h17-20,28-29,37-39H,16,21H2,1-15H3/t28-,29-/m1/s1. The fraction of sp³-hybridized carbons (Fsp3) is 0.667. The Kier molecular flexibility index (Phi) is 11.4. The van der Waals surface area contributed by atoms with Crippen molar-refractivity contribution >= 4 is 23.5 Å². The van der Waals surface area contributed by atoms with Crippen LogP contribution in [0.3, 0.4) is 0 Å². The van der Waals surface area contributed by atoms with Crippen LogP contribution in [0.5, 0.6) is 11.5 Å². The lowest BCUT2D eigenvalue weighted by Gasteiger charge is -2.33. The van der Waals surface area contributed by atoms with E-state index in [4.69, 9.17) is 4.74 Å². The molecule has 0 fully saturated rings. The maximum Gasteiger partial charge on any atom is 0.126 e. The summed E-state index contributed by atoms with van der Waals surface area (Å²) < 4.78 is 6.13. The van der Waals surface area contributed by atoms with Gasteiger partial charge in [-0.1, -0.05) is 90.0 Å². The number of hydrogen-bond acceptors (Lipinski definition) is 6. The molecule has 0 aliphatic carbocycles. The lowest BCUT2D eigenvalue weighted by Crippen LogP contribution is -2.32. The second-order valence-corrected chi connectivity index (χ2v) is 19.8. The highest BCUT2D eigenvalue weighted by molar-refractivity contribution is 8.18. The summed E-state index contributed by atoms with van der Waals surface area (Å²) in [6.07, 6.45) is -1.28. The first-order valence-electron chi connectivity index (χ1n) is 15.2. The predicted molar refractivity (Wildman–Crippen MR) is 183 cm³/mol. The van der Waals surface area contributed by atoms with E-state index in [-0.39, 0.29) is 32.3 Å². The van der Waals surface area contributed by atoms with Gasteiger partial charge in [0.1, 0.15) is 24.2 Å². The molecule has 0 radical (unpaired) electrons. The first-order chi connectivity index (χ1) is 18.8. The second kappa shape index (κ2) is 12.9. The molecule has 0 saturated carbocycles. The van der Waals surface area contributed by atoms with Crippen molar-refractivity contribution in [3.8, 4) is 11.5 Å². The molecule has 4 nitrogen and oxygen atoms in total. The van der Waals surface area contributed by atoms with Gasteiger partial charge in [-0.05, 0) is 66.2 Å². The number of ether oxygens (including phenoxy) is 1. The summed E-state index contributed by atoms with van der Waals surface area (Å²) in [4.78, 5) is 2.31. The van der Waals surface area contributed by atoms with E-state index in [0.717, 1.165) is 37.8 Å². The Morgan fingerprint density at radius 2 is 0.929 bits per heavy atom. The molecule has 3 N–H and O–H groups in total. The average Bonchev–Trinajstić information content (AvgIpc) is 2.79. The molecular formula is C36H58O4S2. The molecule has 0 amide bonds. The Morgan fingerprint density at radius 1 is 0.595 bits per heavy atom. The molecule has 0 spiro atoms. The smallest absolute Gasteiger partial charge is 0.126 e. The molecule has 6 heteroatoms. The van der Waals surface area contributed by atoms with Gasteiger partial charge in [-0.3, -0.25) is 0 Å². The van der Waals surface area contributed by atoms with Crippen molar-refractivity contribution in [2.24, 2.45) is 0 Å². The third-order valence-electron chi connectivity index (χ3n) is 7.37. The van der Waals surface area contributed by atoms with E-state index < -0.39 is 12.2 Å². The number of aliphatic hydroxyl groups is 2. The molecule has 42 heavy (non-hydrogen) atoms. The predicted octanol–water partition coefficient (Wildman–Crippen LogP) is 9.71. The van der Waals surface area contributed by atoms with Crippen molar-refractivity contribution < 1.29 is 20.1 Å². The molecule has 238 valence electrons. The molecule has 2 rings (SSSR count). The molecule has 2 atom stereocenters. The molecule has 2 aromatic carbocycles. The molecule has 0 aromatic heterocycles. The van der Waals surface area contributed by atoms with Crippen LogP contribution in [0.15, 0.2) is 34.1 Å². The lowest BCUT2D eigenvalue weighted by atomic mass is 9.79. The zero-order valence-corrected chi connectivity index (χ0v) is 30.6. The molecule has 0 unspecified atom stereocenters. The van der Waals surface area contributed by atoms with Gasteiger partial charge in [-0.25, -0.2) is 0 Å². The topological polar surface area (TPSA) is 69.9 Å². The van der Waals surface area contributed by atoms with Crippen LogP contribution in [0.4, 0.5) is 0 Å². The fourth-order valence-electron chi connectivity index (χ4n) is 4.88. The number of aliphatic hydroxyl groups excluding tert-OH is 2. The minimum absolute atomic E-state index is 0.0437. The van der Waals surface area contributed by atoms with Crippen LogP contribution in [0, 0.1) is 0 Å². The third kappa shape index (κ3) is 9.58. The van der Waals surface area contributed by atoms with Gasteiger partial charge in [0.05, 0.1) is 10.2 Å². The van der Waals surface area contributed by atoms with Gasteiger partial charge in [-0.15, -0.1) is 23.5 Å². The summed E-state index contributed by atoms with van der Waals surface area (Å²) in [6, 6.07) is 8.79. The monoisotopic (exact) mass is 618 g/mol. The molecule has 0 aliphatic heterocycles. The highest BCUT2D eigenvalue weighted by Crippen LogP contribution is 2.51. The van der Waals surface area contributed by atoms with Crippen LogP contribution in [-0.2, 0) is 21.7 Å². The zero-order valence-electron chi connectivity index (χ0n) is 28.9. The lowest BCUT2D eigenvalue weighted by molar-refractivity contribution is -0.00972. The Morgan fingerprint density at radius 3 is 1.24 bits per heavy atom. The van der Waals surface area contributed by atoms with Gasteiger partial charge in [0.2, 0.25) is 0 Å². The van der Waals surface area contributed by atoms with Crippen LogP contribution in [0.1, 0.15) is 133 Å². The maximum atomic E-state index is 11.2. The minimum atomic E-state index is -0.943. The van der Waals surface area contributed by atoms with E-state index >= 15 is 0 Å². The molecule has 0 aliphatic rings. The van der Waals surface area contributed by atoms with Crippen molar-refractivity contribution in [3.63, 3.8) is 0 Å². The summed E-state index contributed by atoms with van der Waals surface area (Å²) in [5, 5.41) is 31.8. The number of benzene rings is 2. The quantitative estimate of drug-likeness (QED) is 0.192. The first-order valence-corrected chi connectivity index (χ1v) is 16.8. The number of aromatic hydroxyl groups is 1. The minimum Gasteiger partial charge on any atom is -0.507 e. The normalized spacial score (nSPS) is 15.1. The van der Waals surface area contributed by atoms with E-state index in [1.807, 2.05) is 30.4 Å². The molecule has 2 aromatic rings.